The molecule has 2 aromatic rings. The zero-order valence-corrected chi connectivity index (χ0v) is 15.1. The van der Waals surface area contributed by atoms with Crippen LogP contribution in [0, 0.1) is 0 Å². The molecule has 6 heteroatoms. The molecule has 1 aliphatic rings. The van der Waals surface area contributed by atoms with Gasteiger partial charge < -0.3 is 4.90 Å². The number of aromatic nitrogens is 3. The molecule has 1 aliphatic heterocycles. The zero-order chi connectivity index (χ0) is 17.6. The normalized spacial score (nSPS) is 15.7. The molecule has 134 valence electrons. The number of hydrogen-bond acceptors (Lipinski definition) is 4. The summed E-state index contributed by atoms with van der Waals surface area (Å²) in [5, 5.41) is 4.04. The van der Waals surface area contributed by atoms with Gasteiger partial charge in [0.25, 0.3) is 0 Å². The standard InChI is InChI=1S/C19H27N5O/c1-16(2)18-5-3-17(4-6-18)13-22-9-11-23(12-10-22)19(25)7-8-24-15-20-14-21-24/h3-6,14-16H,7-13H2,1-2H3. The maximum absolute atomic E-state index is 12.3. The summed E-state index contributed by atoms with van der Waals surface area (Å²) in [4.78, 5) is 20.6. The first kappa shape index (κ1) is 17.6. The number of nitrogens with zero attached hydrogens (tertiary/aromatic N) is 5. The summed E-state index contributed by atoms with van der Waals surface area (Å²) in [6, 6.07) is 8.91. The van der Waals surface area contributed by atoms with Crippen LogP contribution in [0.1, 0.15) is 37.3 Å². The first-order chi connectivity index (χ1) is 12.1. The van der Waals surface area contributed by atoms with Crippen LogP contribution in [0.15, 0.2) is 36.9 Å². The summed E-state index contributed by atoms with van der Waals surface area (Å²) >= 11 is 0. The van der Waals surface area contributed by atoms with E-state index in [0.29, 0.717) is 18.9 Å². The van der Waals surface area contributed by atoms with E-state index in [-0.39, 0.29) is 5.91 Å². The Kier molecular flexibility index (Phi) is 5.81. The van der Waals surface area contributed by atoms with Crippen LogP contribution >= 0.6 is 0 Å². The minimum absolute atomic E-state index is 0.205. The van der Waals surface area contributed by atoms with E-state index in [1.807, 2.05) is 4.90 Å². The van der Waals surface area contributed by atoms with Gasteiger partial charge in [-0.1, -0.05) is 38.1 Å². The second-order valence-electron chi connectivity index (χ2n) is 6.96. The minimum Gasteiger partial charge on any atom is -0.340 e. The molecule has 2 heterocycles. The highest BCUT2D eigenvalue weighted by atomic mass is 16.2. The Balaban J connectivity index is 1.42. The molecule has 0 spiro atoms. The largest absolute Gasteiger partial charge is 0.340 e. The van der Waals surface area contributed by atoms with Crippen LogP contribution in [0.25, 0.3) is 0 Å². The predicted molar refractivity (Wildman–Crippen MR) is 97.0 cm³/mol. The van der Waals surface area contributed by atoms with Crippen molar-refractivity contribution in [3.05, 3.63) is 48.0 Å². The maximum atomic E-state index is 12.3. The van der Waals surface area contributed by atoms with Gasteiger partial charge in [-0.05, 0) is 17.0 Å². The lowest BCUT2D eigenvalue weighted by molar-refractivity contribution is -0.133. The molecule has 3 rings (SSSR count). The van der Waals surface area contributed by atoms with Gasteiger partial charge in [0.15, 0.2) is 0 Å². The molecule has 0 N–H and O–H groups in total. The van der Waals surface area contributed by atoms with Gasteiger partial charge in [-0.25, -0.2) is 4.98 Å². The van der Waals surface area contributed by atoms with Gasteiger partial charge in [-0.15, -0.1) is 0 Å². The first-order valence-corrected chi connectivity index (χ1v) is 9.03. The molecule has 0 bridgehead atoms. The molecule has 1 saturated heterocycles. The molecule has 0 aliphatic carbocycles. The summed E-state index contributed by atoms with van der Waals surface area (Å²) in [5.41, 5.74) is 2.72. The third kappa shape index (κ3) is 4.89. The van der Waals surface area contributed by atoms with Crippen LogP contribution in [0.4, 0.5) is 0 Å². The van der Waals surface area contributed by atoms with Crippen LogP contribution in [0.3, 0.4) is 0 Å². The van der Waals surface area contributed by atoms with Crippen LogP contribution in [0.5, 0.6) is 0 Å². The van der Waals surface area contributed by atoms with Gasteiger partial charge in [-0.3, -0.25) is 14.4 Å². The Morgan fingerprint density at radius 3 is 2.44 bits per heavy atom. The molecule has 25 heavy (non-hydrogen) atoms. The molecule has 1 aromatic heterocycles. The Morgan fingerprint density at radius 2 is 1.84 bits per heavy atom. The van der Waals surface area contributed by atoms with E-state index in [1.165, 1.54) is 17.5 Å². The highest BCUT2D eigenvalue weighted by Crippen LogP contribution is 2.16. The second-order valence-corrected chi connectivity index (χ2v) is 6.96. The molecular weight excluding hydrogens is 314 g/mol. The lowest BCUT2D eigenvalue weighted by atomic mass is 10.0. The molecule has 0 saturated carbocycles. The van der Waals surface area contributed by atoms with Crippen molar-refractivity contribution in [2.24, 2.45) is 0 Å². The summed E-state index contributed by atoms with van der Waals surface area (Å²) in [5.74, 6) is 0.776. The van der Waals surface area contributed by atoms with E-state index < -0.39 is 0 Å². The maximum Gasteiger partial charge on any atom is 0.224 e. The SMILES string of the molecule is CC(C)c1ccc(CN2CCN(C(=O)CCn3cncn3)CC2)cc1. The summed E-state index contributed by atoms with van der Waals surface area (Å²) < 4.78 is 1.70. The van der Waals surface area contributed by atoms with Crippen molar-refractivity contribution < 1.29 is 4.79 Å². The number of piperazine rings is 1. The second kappa shape index (κ2) is 8.25. The first-order valence-electron chi connectivity index (χ1n) is 9.03. The van der Waals surface area contributed by atoms with Crippen LogP contribution in [-0.4, -0.2) is 56.7 Å². The number of aryl methyl sites for hydroxylation is 1. The van der Waals surface area contributed by atoms with Gasteiger partial charge in [0.2, 0.25) is 5.91 Å². The minimum atomic E-state index is 0.205. The lowest BCUT2D eigenvalue weighted by Gasteiger charge is -2.34. The molecule has 0 unspecified atom stereocenters. The van der Waals surface area contributed by atoms with Crippen molar-refractivity contribution in [2.45, 2.75) is 39.3 Å². The monoisotopic (exact) mass is 341 g/mol. The Labute approximate surface area is 149 Å². The van der Waals surface area contributed by atoms with Crippen LogP contribution in [0.2, 0.25) is 0 Å². The Morgan fingerprint density at radius 1 is 1.12 bits per heavy atom. The topological polar surface area (TPSA) is 54.3 Å². The molecule has 1 aromatic carbocycles. The average Bonchev–Trinajstić information content (AvgIpc) is 3.14. The van der Waals surface area contributed by atoms with E-state index in [1.54, 1.807) is 11.0 Å². The summed E-state index contributed by atoms with van der Waals surface area (Å²) in [6.07, 6.45) is 3.63. The Hall–Kier alpha value is -2.21. The van der Waals surface area contributed by atoms with Gasteiger partial charge in [0, 0.05) is 39.1 Å². The fraction of sp³-hybridized carbons (Fsp3) is 0.526. The smallest absolute Gasteiger partial charge is 0.224 e. The third-order valence-corrected chi connectivity index (χ3v) is 4.80. The molecule has 0 radical (unpaired) electrons. The number of rotatable bonds is 6. The highest BCUT2D eigenvalue weighted by molar-refractivity contribution is 5.76. The van der Waals surface area contributed by atoms with E-state index in [2.05, 4.69) is 53.1 Å². The molecule has 1 amide bonds. The fourth-order valence-corrected chi connectivity index (χ4v) is 3.14. The predicted octanol–water partition coefficient (Wildman–Crippen LogP) is 2.14. The van der Waals surface area contributed by atoms with Gasteiger partial charge >= 0.3 is 0 Å². The van der Waals surface area contributed by atoms with E-state index in [4.69, 9.17) is 0 Å². The van der Waals surface area contributed by atoms with Crippen molar-refractivity contribution in [2.75, 3.05) is 26.2 Å². The van der Waals surface area contributed by atoms with Gasteiger partial charge in [-0.2, -0.15) is 5.10 Å². The average molecular weight is 341 g/mol. The van der Waals surface area contributed by atoms with E-state index >= 15 is 0 Å². The van der Waals surface area contributed by atoms with Crippen LogP contribution < -0.4 is 0 Å². The number of benzene rings is 1. The number of carbonyl (C=O) groups excluding carboxylic acids is 1. The van der Waals surface area contributed by atoms with Crippen molar-refractivity contribution in [3.8, 4) is 0 Å². The van der Waals surface area contributed by atoms with Crippen molar-refractivity contribution in [1.29, 1.82) is 0 Å². The van der Waals surface area contributed by atoms with E-state index in [9.17, 15) is 4.79 Å². The van der Waals surface area contributed by atoms with Crippen molar-refractivity contribution >= 4 is 5.91 Å². The molecular formula is C19H27N5O. The number of hydrogen-bond donors (Lipinski definition) is 0. The number of carbonyl (C=O) groups is 1. The quantitative estimate of drug-likeness (QED) is 0.808. The molecule has 0 atom stereocenters. The lowest BCUT2D eigenvalue weighted by Crippen LogP contribution is -2.48. The van der Waals surface area contributed by atoms with Gasteiger partial charge in [0.1, 0.15) is 12.7 Å². The summed E-state index contributed by atoms with van der Waals surface area (Å²) in [6.45, 7) is 9.46. The van der Waals surface area contributed by atoms with Crippen molar-refractivity contribution in [1.82, 2.24) is 24.6 Å². The van der Waals surface area contributed by atoms with Crippen LogP contribution in [-0.2, 0) is 17.9 Å². The van der Waals surface area contributed by atoms with E-state index in [0.717, 1.165) is 32.7 Å². The summed E-state index contributed by atoms with van der Waals surface area (Å²) in [7, 11) is 0. The highest BCUT2D eigenvalue weighted by Gasteiger charge is 2.21. The third-order valence-electron chi connectivity index (χ3n) is 4.80. The molecule has 1 fully saturated rings. The zero-order valence-electron chi connectivity index (χ0n) is 15.1. The van der Waals surface area contributed by atoms with Crippen molar-refractivity contribution in [3.63, 3.8) is 0 Å². The fourth-order valence-electron chi connectivity index (χ4n) is 3.14. The molecule has 6 nitrogen and oxygen atoms in total. The number of amides is 1. The Bertz CT molecular complexity index is 658. The van der Waals surface area contributed by atoms with Gasteiger partial charge in [0.05, 0.1) is 6.54 Å².